The standard InChI is InChI=1S/C20H27N3O4/c1-3-21-8-10-22(11-9-21)15-5-6-16-19(12-15)26-13-17-18(7-4-14(2)24)27-20(25)23(16)17/h5-6,12,17-18H,3-4,7-11,13H2,1-2H3/t17-,18-/m0/s1. The first-order valence-corrected chi connectivity index (χ1v) is 9.80. The van der Waals surface area contributed by atoms with E-state index in [2.05, 4.69) is 22.8 Å². The van der Waals surface area contributed by atoms with Gasteiger partial charge in [0, 0.05) is 44.4 Å². The Balaban J connectivity index is 1.50. The van der Waals surface area contributed by atoms with E-state index in [0.29, 0.717) is 19.4 Å². The number of piperazine rings is 1. The minimum Gasteiger partial charge on any atom is -0.489 e. The predicted molar refractivity (Wildman–Crippen MR) is 103 cm³/mol. The van der Waals surface area contributed by atoms with E-state index in [1.54, 1.807) is 11.8 Å². The lowest BCUT2D eigenvalue weighted by molar-refractivity contribution is -0.117. The van der Waals surface area contributed by atoms with Gasteiger partial charge in [0.1, 0.15) is 30.3 Å². The minimum atomic E-state index is -0.345. The molecule has 2 atom stereocenters. The molecule has 3 heterocycles. The molecule has 7 nitrogen and oxygen atoms in total. The van der Waals surface area contributed by atoms with Gasteiger partial charge in [-0.2, -0.15) is 0 Å². The summed E-state index contributed by atoms with van der Waals surface area (Å²) in [5, 5.41) is 0. The summed E-state index contributed by atoms with van der Waals surface area (Å²) in [6, 6.07) is 5.88. The third-order valence-electron chi connectivity index (χ3n) is 5.79. The third kappa shape index (κ3) is 3.48. The molecule has 7 heteroatoms. The number of carbonyl (C=O) groups is 2. The molecule has 0 bridgehead atoms. The van der Waals surface area contributed by atoms with E-state index >= 15 is 0 Å². The average molecular weight is 373 g/mol. The molecule has 0 aliphatic carbocycles. The number of amides is 1. The molecule has 0 radical (unpaired) electrons. The Morgan fingerprint density at radius 1 is 1.22 bits per heavy atom. The van der Waals surface area contributed by atoms with Crippen LogP contribution in [0.15, 0.2) is 18.2 Å². The van der Waals surface area contributed by atoms with Gasteiger partial charge in [-0.25, -0.2) is 4.79 Å². The maximum atomic E-state index is 12.4. The molecule has 0 saturated carbocycles. The molecule has 4 rings (SSSR count). The van der Waals surface area contributed by atoms with Crippen molar-refractivity contribution in [1.82, 2.24) is 4.90 Å². The third-order valence-corrected chi connectivity index (χ3v) is 5.79. The second-order valence-electron chi connectivity index (χ2n) is 7.48. The fourth-order valence-electron chi connectivity index (χ4n) is 4.13. The Morgan fingerprint density at radius 3 is 2.70 bits per heavy atom. The Kier molecular flexibility index (Phi) is 4.95. The van der Waals surface area contributed by atoms with E-state index in [4.69, 9.17) is 9.47 Å². The number of hydrogen-bond acceptors (Lipinski definition) is 6. The molecule has 2 saturated heterocycles. The molecule has 3 aliphatic rings. The Hall–Kier alpha value is -2.28. The van der Waals surface area contributed by atoms with Crippen molar-refractivity contribution in [1.29, 1.82) is 0 Å². The van der Waals surface area contributed by atoms with Crippen LogP contribution in [0.5, 0.6) is 5.75 Å². The average Bonchev–Trinajstić information content (AvgIpc) is 3.02. The molecular weight excluding hydrogens is 346 g/mol. The van der Waals surface area contributed by atoms with Crippen molar-refractivity contribution in [3.05, 3.63) is 18.2 Å². The van der Waals surface area contributed by atoms with Gasteiger partial charge in [-0.15, -0.1) is 0 Å². The topological polar surface area (TPSA) is 62.3 Å². The first-order valence-electron chi connectivity index (χ1n) is 9.80. The van der Waals surface area contributed by atoms with E-state index in [1.807, 2.05) is 12.1 Å². The molecule has 0 aromatic heterocycles. The number of nitrogens with zero attached hydrogens (tertiary/aromatic N) is 3. The predicted octanol–water partition coefficient (Wildman–Crippen LogP) is 2.28. The van der Waals surface area contributed by atoms with Crippen LogP contribution in [0.3, 0.4) is 0 Å². The molecule has 3 aliphatic heterocycles. The molecular formula is C20H27N3O4. The molecule has 1 aromatic rings. The molecule has 27 heavy (non-hydrogen) atoms. The zero-order valence-electron chi connectivity index (χ0n) is 16.0. The van der Waals surface area contributed by atoms with Gasteiger partial charge in [0.15, 0.2) is 0 Å². The number of hydrogen-bond donors (Lipinski definition) is 0. The smallest absolute Gasteiger partial charge is 0.415 e. The van der Waals surface area contributed by atoms with Gasteiger partial charge < -0.3 is 24.1 Å². The number of anilines is 2. The van der Waals surface area contributed by atoms with Crippen molar-refractivity contribution >= 4 is 23.3 Å². The Bertz CT molecular complexity index is 730. The summed E-state index contributed by atoms with van der Waals surface area (Å²) in [5.74, 6) is 0.834. The second kappa shape index (κ2) is 7.38. The molecule has 0 N–H and O–H groups in total. The molecule has 2 fully saturated rings. The molecule has 146 valence electrons. The lowest BCUT2D eigenvalue weighted by Gasteiger charge is -2.37. The molecule has 0 spiro atoms. The zero-order chi connectivity index (χ0) is 19.0. The van der Waals surface area contributed by atoms with Gasteiger partial charge in [0.25, 0.3) is 0 Å². The molecule has 1 aromatic carbocycles. The highest BCUT2D eigenvalue weighted by atomic mass is 16.6. The van der Waals surface area contributed by atoms with Crippen LogP contribution in [0.2, 0.25) is 0 Å². The molecule has 0 unspecified atom stereocenters. The first-order chi connectivity index (χ1) is 13.1. The summed E-state index contributed by atoms with van der Waals surface area (Å²) in [5.41, 5.74) is 1.89. The van der Waals surface area contributed by atoms with Crippen molar-refractivity contribution in [2.45, 2.75) is 38.8 Å². The number of cyclic esters (lactones) is 1. The van der Waals surface area contributed by atoms with Crippen molar-refractivity contribution in [2.75, 3.05) is 49.1 Å². The summed E-state index contributed by atoms with van der Waals surface area (Å²) in [6.07, 6.45) is 0.317. The van der Waals surface area contributed by atoms with E-state index in [-0.39, 0.29) is 24.0 Å². The van der Waals surface area contributed by atoms with Gasteiger partial charge in [-0.05, 0) is 32.0 Å². The van der Waals surface area contributed by atoms with E-state index < -0.39 is 0 Å². The number of Topliss-reactive ketones (excluding diaryl/α,β-unsaturated/α-hetero) is 1. The Morgan fingerprint density at radius 2 is 2.00 bits per heavy atom. The maximum Gasteiger partial charge on any atom is 0.415 e. The van der Waals surface area contributed by atoms with Gasteiger partial charge in [0.2, 0.25) is 0 Å². The summed E-state index contributed by atoms with van der Waals surface area (Å²) < 4.78 is 11.5. The SMILES string of the molecule is CCN1CCN(c2ccc3c(c2)OC[C@H]2[C@H](CCC(C)=O)OC(=O)N32)CC1. The van der Waals surface area contributed by atoms with Crippen molar-refractivity contribution in [3.63, 3.8) is 0 Å². The fourth-order valence-corrected chi connectivity index (χ4v) is 4.13. The van der Waals surface area contributed by atoms with Crippen molar-refractivity contribution in [3.8, 4) is 5.75 Å². The summed E-state index contributed by atoms with van der Waals surface area (Å²) in [7, 11) is 0. The van der Waals surface area contributed by atoms with Crippen molar-refractivity contribution < 1.29 is 19.1 Å². The van der Waals surface area contributed by atoms with E-state index in [1.165, 1.54) is 0 Å². The fraction of sp³-hybridized carbons (Fsp3) is 0.600. The number of ether oxygens (including phenoxy) is 2. The highest BCUT2D eigenvalue weighted by molar-refractivity contribution is 5.93. The van der Waals surface area contributed by atoms with Gasteiger partial charge in [-0.3, -0.25) is 4.90 Å². The van der Waals surface area contributed by atoms with Crippen LogP contribution >= 0.6 is 0 Å². The summed E-state index contributed by atoms with van der Waals surface area (Å²) >= 11 is 0. The maximum absolute atomic E-state index is 12.4. The van der Waals surface area contributed by atoms with Gasteiger partial charge in [-0.1, -0.05) is 6.92 Å². The van der Waals surface area contributed by atoms with Crippen molar-refractivity contribution in [2.24, 2.45) is 0 Å². The largest absolute Gasteiger partial charge is 0.489 e. The van der Waals surface area contributed by atoms with Crippen LogP contribution in [0.25, 0.3) is 0 Å². The Labute approximate surface area is 159 Å². The minimum absolute atomic E-state index is 0.106. The quantitative estimate of drug-likeness (QED) is 0.789. The first kappa shape index (κ1) is 18.1. The lowest BCUT2D eigenvalue weighted by Crippen LogP contribution is -2.46. The normalized spacial score (nSPS) is 24.9. The lowest BCUT2D eigenvalue weighted by atomic mass is 10.0. The molecule has 1 amide bonds. The van der Waals surface area contributed by atoms with Gasteiger partial charge >= 0.3 is 6.09 Å². The second-order valence-corrected chi connectivity index (χ2v) is 7.48. The highest BCUT2D eigenvalue weighted by Gasteiger charge is 2.46. The number of fused-ring (bicyclic) bond motifs is 3. The van der Waals surface area contributed by atoms with Crippen LogP contribution in [-0.2, 0) is 9.53 Å². The number of carbonyl (C=O) groups excluding carboxylic acids is 2. The van der Waals surface area contributed by atoms with Gasteiger partial charge in [0.05, 0.1) is 5.69 Å². The van der Waals surface area contributed by atoms with Crippen LogP contribution in [0.4, 0.5) is 16.2 Å². The summed E-state index contributed by atoms with van der Waals surface area (Å²) in [4.78, 5) is 30.2. The number of likely N-dealkylation sites (N-methyl/N-ethyl adjacent to an activating group) is 1. The number of benzene rings is 1. The number of ketones is 1. The van der Waals surface area contributed by atoms with Crippen LogP contribution in [-0.4, -0.2) is 68.3 Å². The van der Waals surface area contributed by atoms with Crippen LogP contribution < -0.4 is 14.5 Å². The monoisotopic (exact) mass is 373 g/mol. The number of rotatable bonds is 5. The highest BCUT2D eigenvalue weighted by Crippen LogP contribution is 2.41. The van der Waals surface area contributed by atoms with Crippen LogP contribution in [0.1, 0.15) is 26.7 Å². The zero-order valence-corrected chi connectivity index (χ0v) is 16.0. The summed E-state index contributed by atoms with van der Waals surface area (Å²) in [6.45, 7) is 9.35. The van der Waals surface area contributed by atoms with E-state index in [9.17, 15) is 9.59 Å². The van der Waals surface area contributed by atoms with Crippen LogP contribution in [0, 0.1) is 0 Å². The van der Waals surface area contributed by atoms with E-state index in [0.717, 1.165) is 49.8 Å².